The Labute approximate surface area is 172 Å². The zero-order chi connectivity index (χ0) is 20.5. The Morgan fingerprint density at radius 1 is 0.828 bits per heavy atom. The van der Waals surface area contributed by atoms with E-state index in [1.165, 1.54) is 5.56 Å². The summed E-state index contributed by atoms with van der Waals surface area (Å²) in [6.45, 7) is 3.50. The molecular weight excluding hydrogens is 364 g/mol. The Hall–Kier alpha value is -3.28. The lowest BCUT2D eigenvalue weighted by atomic mass is 10.1. The topological polar surface area (TPSA) is 68.3 Å². The van der Waals surface area contributed by atoms with E-state index in [1.807, 2.05) is 43.3 Å². The lowest BCUT2D eigenvalue weighted by molar-refractivity contribution is 0.410. The molecule has 3 rings (SSSR count). The van der Waals surface area contributed by atoms with Crippen LogP contribution in [0.2, 0.25) is 0 Å². The zero-order valence-corrected chi connectivity index (χ0v) is 17.2. The quantitative estimate of drug-likeness (QED) is 0.541. The highest BCUT2D eigenvalue weighted by atomic mass is 16.5. The van der Waals surface area contributed by atoms with E-state index in [0.717, 1.165) is 54.5 Å². The summed E-state index contributed by atoms with van der Waals surface area (Å²) in [6.07, 6.45) is 1.74. The summed E-state index contributed by atoms with van der Waals surface area (Å²) in [4.78, 5) is 9.07. The second kappa shape index (κ2) is 10.3. The Balaban J connectivity index is 1.52. The van der Waals surface area contributed by atoms with Crippen molar-refractivity contribution in [3.63, 3.8) is 0 Å². The molecule has 152 valence electrons. The minimum Gasteiger partial charge on any atom is -0.497 e. The SMILES string of the molecule is COc1ccc(CCNc2cc(C)nc(NCCc3ccccc3OC)n2)cc1. The number of hydrogen-bond donors (Lipinski definition) is 2. The second-order valence-electron chi connectivity index (χ2n) is 6.73. The van der Waals surface area contributed by atoms with Crippen LogP contribution in [0.15, 0.2) is 54.6 Å². The molecule has 6 heteroatoms. The van der Waals surface area contributed by atoms with Crippen LogP contribution >= 0.6 is 0 Å². The summed E-state index contributed by atoms with van der Waals surface area (Å²) in [5, 5.41) is 6.70. The van der Waals surface area contributed by atoms with Crippen molar-refractivity contribution in [2.45, 2.75) is 19.8 Å². The van der Waals surface area contributed by atoms with Gasteiger partial charge in [0.1, 0.15) is 17.3 Å². The predicted molar refractivity (Wildman–Crippen MR) is 117 cm³/mol. The zero-order valence-electron chi connectivity index (χ0n) is 17.2. The van der Waals surface area contributed by atoms with Crippen molar-refractivity contribution in [1.29, 1.82) is 0 Å². The number of ether oxygens (including phenoxy) is 2. The van der Waals surface area contributed by atoms with Crippen molar-refractivity contribution in [3.05, 3.63) is 71.4 Å². The van der Waals surface area contributed by atoms with E-state index < -0.39 is 0 Å². The number of nitrogens with zero attached hydrogens (tertiary/aromatic N) is 2. The van der Waals surface area contributed by atoms with Crippen LogP contribution in [0.4, 0.5) is 11.8 Å². The Bertz CT molecular complexity index is 913. The van der Waals surface area contributed by atoms with Gasteiger partial charge in [-0.05, 0) is 49.1 Å². The Morgan fingerprint density at radius 2 is 1.59 bits per heavy atom. The van der Waals surface area contributed by atoms with E-state index in [4.69, 9.17) is 9.47 Å². The first-order valence-electron chi connectivity index (χ1n) is 9.76. The first-order valence-corrected chi connectivity index (χ1v) is 9.76. The number of benzene rings is 2. The number of aryl methyl sites for hydroxylation is 1. The van der Waals surface area contributed by atoms with Gasteiger partial charge in [0.2, 0.25) is 5.95 Å². The van der Waals surface area contributed by atoms with Crippen molar-refractivity contribution >= 4 is 11.8 Å². The first kappa shape index (κ1) is 20.5. The molecule has 0 aliphatic rings. The molecule has 0 saturated heterocycles. The summed E-state index contributed by atoms with van der Waals surface area (Å²) >= 11 is 0. The molecule has 6 nitrogen and oxygen atoms in total. The summed E-state index contributed by atoms with van der Waals surface area (Å²) < 4.78 is 10.6. The monoisotopic (exact) mass is 392 g/mol. The number of aromatic nitrogens is 2. The molecule has 0 spiro atoms. The normalized spacial score (nSPS) is 10.4. The largest absolute Gasteiger partial charge is 0.497 e. The molecule has 1 aromatic heterocycles. The van der Waals surface area contributed by atoms with Gasteiger partial charge in [0.15, 0.2) is 0 Å². The third kappa shape index (κ3) is 6.10. The van der Waals surface area contributed by atoms with Gasteiger partial charge in [0, 0.05) is 24.8 Å². The fourth-order valence-corrected chi connectivity index (χ4v) is 3.08. The second-order valence-corrected chi connectivity index (χ2v) is 6.73. The highest BCUT2D eigenvalue weighted by molar-refractivity contribution is 5.43. The van der Waals surface area contributed by atoms with E-state index in [9.17, 15) is 0 Å². The summed E-state index contributed by atoms with van der Waals surface area (Å²) in [6, 6.07) is 18.1. The average Bonchev–Trinajstić information content (AvgIpc) is 2.74. The number of para-hydroxylation sites is 1. The lowest BCUT2D eigenvalue weighted by Gasteiger charge is -2.11. The van der Waals surface area contributed by atoms with Crippen LogP contribution in [0.1, 0.15) is 16.8 Å². The van der Waals surface area contributed by atoms with Gasteiger partial charge in [-0.3, -0.25) is 0 Å². The summed E-state index contributed by atoms with van der Waals surface area (Å²) in [5.74, 6) is 3.23. The van der Waals surface area contributed by atoms with Gasteiger partial charge < -0.3 is 20.1 Å². The molecule has 0 radical (unpaired) electrons. The van der Waals surface area contributed by atoms with E-state index in [-0.39, 0.29) is 0 Å². The van der Waals surface area contributed by atoms with E-state index in [0.29, 0.717) is 5.95 Å². The predicted octanol–water partition coefficient (Wildman–Crippen LogP) is 4.11. The molecule has 2 N–H and O–H groups in total. The van der Waals surface area contributed by atoms with Crippen LogP contribution in [0, 0.1) is 6.92 Å². The van der Waals surface area contributed by atoms with Crippen LogP contribution < -0.4 is 20.1 Å². The highest BCUT2D eigenvalue weighted by Crippen LogP contribution is 2.18. The molecule has 0 bridgehead atoms. The van der Waals surface area contributed by atoms with E-state index in [1.54, 1.807) is 14.2 Å². The molecule has 0 saturated carbocycles. The molecule has 0 atom stereocenters. The first-order chi connectivity index (χ1) is 14.2. The Morgan fingerprint density at radius 3 is 2.34 bits per heavy atom. The standard InChI is InChI=1S/C23H28N4O2/c1-17-16-22(24-14-12-18-8-10-20(28-2)11-9-18)27-23(26-17)25-15-13-19-6-4-5-7-21(19)29-3/h4-11,16H,12-15H2,1-3H3,(H2,24,25,26,27). The lowest BCUT2D eigenvalue weighted by Crippen LogP contribution is -2.12. The smallest absolute Gasteiger partial charge is 0.224 e. The molecule has 0 amide bonds. The number of anilines is 2. The van der Waals surface area contributed by atoms with Gasteiger partial charge in [-0.1, -0.05) is 30.3 Å². The number of methoxy groups -OCH3 is 2. The summed E-state index contributed by atoms with van der Waals surface area (Å²) in [7, 11) is 3.37. The van der Waals surface area contributed by atoms with Gasteiger partial charge in [-0.25, -0.2) is 4.98 Å². The van der Waals surface area contributed by atoms with Gasteiger partial charge in [0.05, 0.1) is 14.2 Å². The molecule has 2 aromatic carbocycles. The van der Waals surface area contributed by atoms with Gasteiger partial charge >= 0.3 is 0 Å². The summed E-state index contributed by atoms with van der Waals surface area (Å²) in [5.41, 5.74) is 3.33. The van der Waals surface area contributed by atoms with Crippen molar-refractivity contribution in [2.24, 2.45) is 0 Å². The maximum atomic E-state index is 5.40. The van der Waals surface area contributed by atoms with Crippen molar-refractivity contribution in [2.75, 3.05) is 37.9 Å². The molecule has 0 aliphatic carbocycles. The molecule has 3 aromatic rings. The third-order valence-corrected chi connectivity index (χ3v) is 4.60. The van der Waals surface area contributed by atoms with Gasteiger partial charge in [0.25, 0.3) is 0 Å². The highest BCUT2D eigenvalue weighted by Gasteiger charge is 2.05. The minimum atomic E-state index is 0.631. The third-order valence-electron chi connectivity index (χ3n) is 4.60. The van der Waals surface area contributed by atoms with Gasteiger partial charge in [-0.15, -0.1) is 0 Å². The van der Waals surface area contributed by atoms with Crippen LogP contribution in [0.5, 0.6) is 11.5 Å². The van der Waals surface area contributed by atoms with Gasteiger partial charge in [-0.2, -0.15) is 4.98 Å². The molecule has 0 unspecified atom stereocenters. The number of hydrogen-bond acceptors (Lipinski definition) is 6. The fourth-order valence-electron chi connectivity index (χ4n) is 3.08. The van der Waals surface area contributed by atoms with Crippen molar-refractivity contribution < 1.29 is 9.47 Å². The molecule has 29 heavy (non-hydrogen) atoms. The fraction of sp³-hybridized carbons (Fsp3) is 0.304. The van der Waals surface area contributed by atoms with Crippen molar-refractivity contribution in [1.82, 2.24) is 9.97 Å². The number of nitrogens with one attached hydrogen (secondary N) is 2. The van der Waals surface area contributed by atoms with Crippen LogP contribution in [0.25, 0.3) is 0 Å². The molecule has 0 aliphatic heterocycles. The van der Waals surface area contributed by atoms with E-state index >= 15 is 0 Å². The Kier molecular flexibility index (Phi) is 7.28. The molecular formula is C23H28N4O2. The number of rotatable bonds is 10. The van der Waals surface area contributed by atoms with Crippen LogP contribution in [-0.2, 0) is 12.8 Å². The van der Waals surface area contributed by atoms with Crippen LogP contribution in [-0.4, -0.2) is 37.3 Å². The minimum absolute atomic E-state index is 0.631. The van der Waals surface area contributed by atoms with E-state index in [2.05, 4.69) is 38.8 Å². The maximum absolute atomic E-state index is 5.40. The maximum Gasteiger partial charge on any atom is 0.224 e. The molecule has 0 fully saturated rings. The molecule has 1 heterocycles. The average molecular weight is 393 g/mol. The van der Waals surface area contributed by atoms with Crippen LogP contribution in [0.3, 0.4) is 0 Å². The van der Waals surface area contributed by atoms with Crippen molar-refractivity contribution in [3.8, 4) is 11.5 Å².